The second-order valence-corrected chi connectivity index (χ2v) is 8.45. The molecule has 0 radical (unpaired) electrons. The average molecular weight is 309 g/mol. The Kier molecular flexibility index (Phi) is 7.74. The minimum absolute atomic E-state index is 0.537. The summed E-state index contributed by atoms with van der Waals surface area (Å²) in [5.41, 5.74) is 0. The first-order valence-electron chi connectivity index (χ1n) is 10.2. The van der Waals surface area contributed by atoms with Gasteiger partial charge in [0.15, 0.2) is 0 Å². The molecule has 130 valence electrons. The maximum Gasteiger partial charge on any atom is 0.0603 e. The van der Waals surface area contributed by atoms with E-state index >= 15 is 0 Å². The number of hydrogen-bond donors (Lipinski definition) is 0. The molecule has 0 aromatic heterocycles. The van der Waals surface area contributed by atoms with Crippen molar-refractivity contribution in [3.8, 4) is 0 Å². The smallest absolute Gasteiger partial charge is 0.0603 e. The predicted octanol–water partition coefficient (Wildman–Crippen LogP) is 6.46. The number of unbranched alkanes of at least 4 members (excludes halogenated alkanes) is 3. The van der Waals surface area contributed by atoms with Crippen LogP contribution >= 0.6 is 0 Å². The van der Waals surface area contributed by atoms with Gasteiger partial charge in [-0.2, -0.15) is 0 Å². The molecule has 2 rings (SSSR count). The Morgan fingerprint density at radius 1 is 0.773 bits per heavy atom. The number of hydrogen-bond acceptors (Lipinski definition) is 1. The quantitative estimate of drug-likeness (QED) is 0.490. The molecular weight excluding hydrogens is 268 g/mol. The van der Waals surface area contributed by atoms with E-state index in [1.54, 1.807) is 0 Å². The second-order valence-electron chi connectivity index (χ2n) is 8.45. The molecule has 0 N–H and O–H groups in total. The summed E-state index contributed by atoms with van der Waals surface area (Å²) >= 11 is 0. The third-order valence-corrected chi connectivity index (χ3v) is 6.87. The maximum atomic E-state index is 6.26. The van der Waals surface area contributed by atoms with E-state index in [0.29, 0.717) is 6.10 Å². The predicted molar refractivity (Wildman–Crippen MR) is 96.1 cm³/mol. The summed E-state index contributed by atoms with van der Waals surface area (Å²) < 4.78 is 6.26. The molecule has 4 unspecified atom stereocenters. The Hall–Kier alpha value is -0.0400. The molecule has 1 heteroatoms. The van der Waals surface area contributed by atoms with E-state index < -0.39 is 0 Å². The van der Waals surface area contributed by atoms with Gasteiger partial charge >= 0.3 is 0 Å². The van der Waals surface area contributed by atoms with Crippen molar-refractivity contribution in [2.75, 3.05) is 6.61 Å². The van der Waals surface area contributed by atoms with Gasteiger partial charge in [-0.25, -0.2) is 0 Å². The van der Waals surface area contributed by atoms with Crippen LogP contribution in [-0.2, 0) is 4.74 Å². The SMILES string of the molecule is CCCCCCOC1CCC(C2CCC(C)CC2)C(C)C1C. The van der Waals surface area contributed by atoms with Crippen molar-refractivity contribution in [2.45, 2.75) is 98.0 Å². The molecule has 0 saturated heterocycles. The molecule has 1 nitrogen and oxygen atoms in total. The number of rotatable bonds is 7. The summed E-state index contributed by atoms with van der Waals surface area (Å²) in [4.78, 5) is 0. The van der Waals surface area contributed by atoms with Crippen LogP contribution in [0, 0.1) is 29.6 Å². The largest absolute Gasteiger partial charge is 0.378 e. The molecule has 2 saturated carbocycles. The van der Waals surface area contributed by atoms with E-state index in [-0.39, 0.29) is 0 Å². The van der Waals surface area contributed by atoms with Gasteiger partial charge in [-0.15, -0.1) is 0 Å². The molecule has 2 fully saturated rings. The highest BCUT2D eigenvalue weighted by atomic mass is 16.5. The van der Waals surface area contributed by atoms with Crippen molar-refractivity contribution in [3.05, 3.63) is 0 Å². The molecule has 0 spiro atoms. The molecular formula is C21H40O. The Morgan fingerprint density at radius 2 is 1.50 bits per heavy atom. The van der Waals surface area contributed by atoms with Crippen molar-refractivity contribution in [3.63, 3.8) is 0 Å². The van der Waals surface area contributed by atoms with E-state index in [2.05, 4.69) is 27.7 Å². The lowest BCUT2D eigenvalue weighted by Gasteiger charge is -2.45. The molecule has 4 atom stereocenters. The van der Waals surface area contributed by atoms with Crippen LogP contribution in [0.2, 0.25) is 0 Å². The first kappa shape index (κ1) is 18.3. The highest BCUT2D eigenvalue weighted by molar-refractivity contribution is 4.88. The van der Waals surface area contributed by atoms with Crippen molar-refractivity contribution >= 4 is 0 Å². The van der Waals surface area contributed by atoms with E-state index in [1.807, 2.05) is 0 Å². The van der Waals surface area contributed by atoms with Crippen molar-refractivity contribution in [1.29, 1.82) is 0 Å². The third kappa shape index (κ3) is 4.98. The van der Waals surface area contributed by atoms with Gasteiger partial charge in [-0.3, -0.25) is 0 Å². The molecule has 0 aromatic carbocycles. The minimum atomic E-state index is 0.537. The normalized spacial score (nSPS) is 39.8. The fourth-order valence-electron chi connectivity index (χ4n) is 4.99. The monoisotopic (exact) mass is 308 g/mol. The molecule has 2 aliphatic carbocycles. The van der Waals surface area contributed by atoms with Crippen LogP contribution in [-0.4, -0.2) is 12.7 Å². The second kappa shape index (κ2) is 9.30. The first-order chi connectivity index (χ1) is 10.6. The van der Waals surface area contributed by atoms with E-state index in [0.717, 1.165) is 36.2 Å². The summed E-state index contributed by atoms with van der Waals surface area (Å²) in [5.74, 6) is 4.57. The van der Waals surface area contributed by atoms with Gasteiger partial charge in [-0.1, -0.05) is 59.8 Å². The highest BCUT2D eigenvalue weighted by Gasteiger charge is 2.38. The zero-order valence-corrected chi connectivity index (χ0v) is 15.7. The summed E-state index contributed by atoms with van der Waals surface area (Å²) in [7, 11) is 0. The van der Waals surface area contributed by atoms with Crippen LogP contribution in [0.4, 0.5) is 0 Å². The van der Waals surface area contributed by atoms with Crippen LogP contribution in [0.1, 0.15) is 91.9 Å². The fraction of sp³-hybridized carbons (Fsp3) is 1.00. The maximum absolute atomic E-state index is 6.26. The summed E-state index contributed by atoms with van der Waals surface area (Å²) in [6.07, 6.45) is 14.5. The zero-order valence-electron chi connectivity index (χ0n) is 15.7. The zero-order chi connectivity index (χ0) is 15.9. The van der Waals surface area contributed by atoms with E-state index in [4.69, 9.17) is 4.74 Å². The summed E-state index contributed by atoms with van der Waals surface area (Å²) in [6.45, 7) is 10.7. The lowest BCUT2D eigenvalue weighted by Crippen LogP contribution is -2.40. The van der Waals surface area contributed by atoms with Crippen molar-refractivity contribution in [2.24, 2.45) is 29.6 Å². The Labute approximate surface area is 139 Å². The molecule has 0 aliphatic heterocycles. The molecule has 0 bridgehead atoms. The topological polar surface area (TPSA) is 9.23 Å². The molecule has 0 amide bonds. The van der Waals surface area contributed by atoms with Crippen molar-refractivity contribution < 1.29 is 4.74 Å². The number of ether oxygens (including phenoxy) is 1. The molecule has 2 aliphatic rings. The van der Waals surface area contributed by atoms with Gasteiger partial charge in [0.05, 0.1) is 6.10 Å². The molecule has 22 heavy (non-hydrogen) atoms. The minimum Gasteiger partial charge on any atom is -0.378 e. The van der Waals surface area contributed by atoms with Crippen LogP contribution in [0.15, 0.2) is 0 Å². The molecule has 0 aromatic rings. The van der Waals surface area contributed by atoms with Crippen LogP contribution < -0.4 is 0 Å². The molecule has 0 heterocycles. The van der Waals surface area contributed by atoms with Gasteiger partial charge in [0, 0.05) is 6.61 Å². The van der Waals surface area contributed by atoms with Crippen molar-refractivity contribution in [1.82, 2.24) is 0 Å². The van der Waals surface area contributed by atoms with Gasteiger partial charge in [-0.05, 0) is 61.7 Å². The Balaban J connectivity index is 1.74. The highest BCUT2D eigenvalue weighted by Crippen LogP contribution is 2.45. The third-order valence-electron chi connectivity index (χ3n) is 6.87. The van der Waals surface area contributed by atoms with E-state index in [9.17, 15) is 0 Å². The Morgan fingerprint density at radius 3 is 2.18 bits per heavy atom. The standard InChI is InChI=1S/C21H40O/c1-5-6-7-8-15-22-21-14-13-20(17(3)18(21)4)19-11-9-16(2)10-12-19/h16-21H,5-15H2,1-4H3. The first-order valence-corrected chi connectivity index (χ1v) is 10.2. The van der Waals surface area contributed by atoms with Crippen LogP contribution in [0.5, 0.6) is 0 Å². The lowest BCUT2D eigenvalue weighted by atomic mass is 9.63. The summed E-state index contributed by atoms with van der Waals surface area (Å²) in [6, 6.07) is 0. The Bertz CT molecular complexity index is 292. The van der Waals surface area contributed by atoms with Gasteiger partial charge < -0.3 is 4.74 Å². The van der Waals surface area contributed by atoms with Gasteiger partial charge in [0.2, 0.25) is 0 Å². The van der Waals surface area contributed by atoms with Crippen LogP contribution in [0.3, 0.4) is 0 Å². The lowest BCUT2D eigenvalue weighted by molar-refractivity contribution is -0.0559. The van der Waals surface area contributed by atoms with Crippen LogP contribution in [0.25, 0.3) is 0 Å². The van der Waals surface area contributed by atoms with E-state index in [1.165, 1.54) is 64.2 Å². The summed E-state index contributed by atoms with van der Waals surface area (Å²) in [5, 5.41) is 0. The fourth-order valence-corrected chi connectivity index (χ4v) is 4.99. The van der Waals surface area contributed by atoms with Gasteiger partial charge in [0.1, 0.15) is 0 Å². The van der Waals surface area contributed by atoms with Gasteiger partial charge in [0.25, 0.3) is 0 Å². The average Bonchev–Trinajstić information content (AvgIpc) is 2.52.